The lowest BCUT2D eigenvalue weighted by molar-refractivity contribution is 0.0720. The predicted octanol–water partition coefficient (Wildman–Crippen LogP) is 0.782. The average molecular weight is 271 g/mol. The molecule has 0 bridgehead atoms. The zero-order chi connectivity index (χ0) is 14.3. The minimum atomic E-state index is -0.902. The van der Waals surface area contributed by atoms with Gasteiger partial charge in [-0.1, -0.05) is 25.1 Å². The highest BCUT2D eigenvalue weighted by atomic mass is 19.1. The Bertz CT molecular complexity index is 369. The first kappa shape index (κ1) is 16.0. The van der Waals surface area contributed by atoms with Gasteiger partial charge >= 0.3 is 0 Å². The van der Waals surface area contributed by atoms with Crippen molar-refractivity contribution in [3.8, 4) is 0 Å². The minimum absolute atomic E-state index is 0.0114. The van der Waals surface area contributed by atoms with Gasteiger partial charge in [0, 0.05) is 25.2 Å². The largest absolute Gasteiger partial charge is 0.395 e. The molecule has 2 atom stereocenters. The molecule has 0 radical (unpaired) electrons. The molecular formula is C14H22FNO3. The lowest BCUT2D eigenvalue weighted by Crippen LogP contribution is -2.35. The van der Waals surface area contributed by atoms with Crippen LogP contribution >= 0.6 is 0 Å². The summed E-state index contributed by atoms with van der Waals surface area (Å²) in [5, 5.41) is 28.0. The zero-order valence-corrected chi connectivity index (χ0v) is 11.2. The van der Waals surface area contributed by atoms with Gasteiger partial charge in [0.15, 0.2) is 0 Å². The van der Waals surface area contributed by atoms with Crippen LogP contribution in [-0.2, 0) is 0 Å². The molecule has 0 amide bonds. The smallest absolute Gasteiger partial charge is 0.129 e. The summed E-state index contributed by atoms with van der Waals surface area (Å²) < 4.78 is 13.6. The third kappa shape index (κ3) is 4.87. The van der Waals surface area contributed by atoms with Gasteiger partial charge in [0.1, 0.15) is 5.82 Å². The van der Waals surface area contributed by atoms with E-state index in [9.17, 15) is 9.50 Å². The molecule has 1 aromatic carbocycles. The van der Waals surface area contributed by atoms with Gasteiger partial charge < -0.3 is 15.3 Å². The molecule has 1 rings (SSSR count). The average Bonchev–Trinajstić information content (AvgIpc) is 2.39. The maximum absolute atomic E-state index is 13.6. The summed E-state index contributed by atoms with van der Waals surface area (Å²) >= 11 is 0. The molecule has 4 nitrogen and oxygen atoms in total. The number of hydrogen-bond donors (Lipinski definition) is 3. The van der Waals surface area contributed by atoms with Crippen molar-refractivity contribution >= 4 is 0 Å². The van der Waals surface area contributed by atoms with Crippen LogP contribution in [0.1, 0.15) is 18.6 Å². The summed E-state index contributed by atoms with van der Waals surface area (Å²) in [7, 11) is 0. The van der Waals surface area contributed by atoms with E-state index >= 15 is 0 Å². The molecule has 0 saturated carbocycles. The molecule has 3 N–H and O–H groups in total. The van der Waals surface area contributed by atoms with Gasteiger partial charge in [-0.2, -0.15) is 0 Å². The molecule has 5 heteroatoms. The molecule has 19 heavy (non-hydrogen) atoms. The molecule has 0 heterocycles. The number of nitrogens with zero attached hydrogens (tertiary/aromatic N) is 1. The summed E-state index contributed by atoms with van der Waals surface area (Å²) in [6, 6.07) is 6.16. The first-order valence-electron chi connectivity index (χ1n) is 6.46. The summed E-state index contributed by atoms with van der Waals surface area (Å²) in [6.45, 7) is 3.13. The van der Waals surface area contributed by atoms with Crippen molar-refractivity contribution < 1.29 is 19.7 Å². The van der Waals surface area contributed by atoms with Crippen molar-refractivity contribution in [1.29, 1.82) is 0 Å². The van der Waals surface area contributed by atoms with Crippen LogP contribution in [0.15, 0.2) is 24.3 Å². The Morgan fingerprint density at radius 2 is 1.74 bits per heavy atom. The molecule has 0 spiro atoms. The van der Waals surface area contributed by atoms with E-state index in [-0.39, 0.29) is 24.7 Å². The van der Waals surface area contributed by atoms with Crippen molar-refractivity contribution in [2.24, 2.45) is 5.92 Å². The quantitative estimate of drug-likeness (QED) is 0.654. The first-order chi connectivity index (χ1) is 9.10. The van der Waals surface area contributed by atoms with E-state index in [0.717, 1.165) is 0 Å². The second-order valence-electron chi connectivity index (χ2n) is 4.69. The van der Waals surface area contributed by atoms with Crippen LogP contribution in [0.3, 0.4) is 0 Å². The highest BCUT2D eigenvalue weighted by Gasteiger charge is 2.21. The summed E-state index contributed by atoms with van der Waals surface area (Å²) in [5.41, 5.74) is 0.281. The van der Waals surface area contributed by atoms with Crippen LogP contribution in [0, 0.1) is 11.7 Å². The summed E-state index contributed by atoms with van der Waals surface area (Å²) in [4.78, 5) is 1.84. The molecular weight excluding hydrogens is 249 g/mol. The standard InChI is InChI=1S/C14H22FNO3/c1-11(10-16(6-8-17)7-9-18)14(19)12-4-2-3-5-13(12)15/h2-5,11,14,17-19H,6-10H2,1H3. The third-order valence-electron chi connectivity index (χ3n) is 3.14. The van der Waals surface area contributed by atoms with Crippen LogP contribution < -0.4 is 0 Å². The van der Waals surface area contributed by atoms with Gasteiger partial charge in [0.2, 0.25) is 0 Å². The number of rotatable bonds is 8. The van der Waals surface area contributed by atoms with Crippen LogP contribution in [0.25, 0.3) is 0 Å². The second kappa shape index (κ2) is 8.22. The van der Waals surface area contributed by atoms with E-state index in [1.807, 2.05) is 11.8 Å². The summed E-state index contributed by atoms with van der Waals surface area (Å²) in [5.74, 6) is -0.618. The highest BCUT2D eigenvalue weighted by Crippen LogP contribution is 2.24. The van der Waals surface area contributed by atoms with Gasteiger partial charge in [-0.15, -0.1) is 0 Å². The van der Waals surface area contributed by atoms with Gasteiger partial charge in [-0.05, 0) is 12.0 Å². The number of aliphatic hydroxyl groups excluding tert-OH is 3. The minimum Gasteiger partial charge on any atom is -0.395 e. The molecule has 108 valence electrons. The Kier molecular flexibility index (Phi) is 6.94. The highest BCUT2D eigenvalue weighted by molar-refractivity contribution is 5.20. The van der Waals surface area contributed by atoms with E-state index in [0.29, 0.717) is 19.6 Å². The van der Waals surface area contributed by atoms with E-state index < -0.39 is 11.9 Å². The van der Waals surface area contributed by atoms with Crippen molar-refractivity contribution in [3.63, 3.8) is 0 Å². The lowest BCUT2D eigenvalue weighted by Gasteiger charge is -2.27. The molecule has 0 aliphatic carbocycles. The van der Waals surface area contributed by atoms with Crippen LogP contribution in [0.5, 0.6) is 0 Å². The number of halogens is 1. The zero-order valence-electron chi connectivity index (χ0n) is 11.2. The van der Waals surface area contributed by atoms with E-state index in [1.54, 1.807) is 18.2 Å². The molecule has 0 fully saturated rings. The Morgan fingerprint density at radius 1 is 1.16 bits per heavy atom. The lowest BCUT2D eigenvalue weighted by atomic mass is 9.96. The van der Waals surface area contributed by atoms with Gasteiger partial charge in [0.25, 0.3) is 0 Å². The summed E-state index contributed by atoms with van der Waals surface area (Å²) in [6.07, 6.45) is -0.902. The van der Waals surface area contributed by atoms with Crippen molar-refractivity contribution in [2.45, 2.75) is 13.0 Å². The maximum Gasteiger partial charge on any atom is 0.129 e. The van der Waals surface area contributed by atoms with Crippen LogP contribution in [0.2, 0.25) is 0 Å². The topological polar surface area (TPSA) is 63.9 Å². The third-order valence-corrected chi connectivity index (χ3v) is 3.14. The van der Waals surface area contributed by atoms with E-state index in [2.05, 4.69) is 0 Å². The Balaban J connectivity index is 2.65. The SMILES string of the molecule is CC(CN(CCO)CCO)C(O)c1ccccc1F. The number of hydrogen-bond acceptors (Lipinski definition) is 4. The monoisotopic (exact) mass is 271 g/mol. The Morgan fingerprint density at radius 3 is 2.26 bits per heavy atom. The van der Waals surface area contributed by atoms with E-state index in [4.69, 9.17) is 10.2 Å². The van der Waals surface area contributed by atoms with Crippen LogP contribution in [-0.4, -0.2) is 53.1 Å². The molecule has 0 aliphatic heterocycles. The normalized spacial score (nSPS) is 14.6. The van der Waals surface area contributed by atoms with Crippen molar-refractivity contribution in [3.05, 3.63) is 35.6 Å². The Hall–Kier alpha value is -1.01. The Labute approximate surface area is 113 Å². The fourth-order valence-corrected chi connectivity index (χ4v) is 2.11. The molecule has 0 aliphatic rings. The van der Waals surface area contributed by atoms with Crippen molar-refractivity contribution in [2.75, 3.05) is 32.8 Å². The first-order valence-corrected chi connectivity index (χ1v) is 6.46. The van der Waals surface area contributed by atoms with Gasteiger partial charge in [-0.25, -0.2) is 4.39 Å². The second-order valence-corrected chi connectivity index (χ2v) is 4.69. The van der Waals surface area contributed by atoms with Gasteiger partial charge in [-0.3, -0.25) is 4.90 Å². The fourth-order valence-electron chi connectivity index (χ4n) is 2.11. The molecule has 0 saturated heterocycles. The predicted molar refractivity (Wildman–Crippen MR) is 71.1 cm³/mol. The maximum atomic E-state index is 13.6. The molecule has 1 aromatic rings. The van der Waals surface area contributed by atoms with Gasteiger partial charge in [0.05, 0.1) is 19.3 Å². The van der Waals surface area contributed by atoms with E-state index in [1.165, 1.54) is 6.07 Å². The van der Waals surface area contributed by atoms with Crippen LogP contribution in [0.4, 0.5) is 4.39 Å². The molecule has 0 aromatic heterocycles. The molecule has 2 unspecified atom stereocenters. The van der Waals surface area contributed by atoms with Crippen molar-refractivity contribution in [1.82, 2.24) is 4.90 Å². The number of benzene rings is 1. The number of aliphatic hydroxyl groups is 3. The fraction of sp³-hybridized carbons (Fsp3) is 0.571.